The number of rotatable bonds is 6. The van der Waals surface area contributed by atoms with E-state index in [0.29, 0.717) is 0 Å². The molecule has 8 aromatic carbocycles. The Kier molecular flexibility index (Phi) is 7.27. The van der Waals surface area contributed by atoms with Gasteiger partial charge in [0.15, 0.2) is 0 Å². The van der Waals surface area contributed by atoms with Crippen molar-refractivity contribution in [3.05, 3.63) is 240 Å². The van der Waals surface area contributed by atoms with Crippen molar-refractivity contribution in [2.45, 2.75) is 17.9 Å². The van der Waals surface area contributed by atoms with Crippen molar-refractivity contribution in [2.24, 2.45) is 0 Å². The first-order valence-electron chi connectivity index (χ1n) is 20.2. The lowest BCUT2D eigenvalue weighted by Gasteiger charge is -2.39. The van der Waals surface area contributed by atoms with E-state index in [9.17, 15) is 0 Å². The molecule has 2 aromatic heterocycles. The van der Waals surface area contributed by atoms with Crippen LogP contribution in [0.5, 0.6) is 0 Å². The minimum atomic E-state index is -0.489. The zero-order valence-corrected chi connectivity index (χ0v) is 31.8. The highest BCUT2D eigenvalue weighted by molar-refractivity contribution is 6.14. The Labute approximate surface area is 337 Å². The lowest BCUT2D eigenvalue weighted by Crippen LogP contribution is -2.34. The van der Waals surface area contributed by atoms with Gasteiger partial charge in [0.25, 0.3) is 0 Å². The van der Waals surface area contributed by atoms with E-state index in [1.54, 1.807) is 0 Å². The molecular weight excluding hydrogens is 705 g/mol. The van der Waals surface area contributed by atoms with Gasteiger partial charge >= 0.3 is 0 Å². The van der Waals surface area contributed by atoms with E-state index in [0.717, 1.165) is 45.4 Å². The summed E-state index contributed by atoms with van der Waals surface area (Å²) < 4.78 is 8.94. The Balaban J connectivity index is 1.14. The van der Waals surface area contributed by atoms with Crippen LogP contribution in [-0.4, -0.2) is 10.6 Å². The van der Waals surface area contributed by atoms with Gasteiger partial charge in [-0.15, -0.1) is 0 Å². The predicted molar refractivity (Wildman–Crippen MR) is 240 cm³/mol. The normalized spacial score (nSPS) is 15.7. The van der Waals surface area contributed by atoms with Crippen LogP contribution in [0.1, 0.15) is 28.7 Å². The number of aromatic nitrogens is 1. The number of hydrogen-bond donors (Lipinski definition) is 0. The number of para-hydroxylation sites is 3. The smallest absolute Gasteiger partial charge is 0.137 e. The van der Waals surface area contributed by atoms with Crippen LogP contribution in [0.15, 0.2) is 222 Å². The number of allylic oxidation sites excluding steroid dienone is 2. The first kappa shape index (κ1) is 32.8. The van der Waals surface area contributed by atoms with Crippen LogP contribution in [0.25, 0.3) is 55.0 Å². The molecule has 10 aromatic rings. The number of anilines is 2. The van der Waals surface area contributed by atoms with Gasteiger partial charge < -0.3 is 13.9 Å². The molecule has 0 saturated carbocycles. The van der Waals surface area contributed by atoms with Gasteiger partial charge in [-0.25, -0.2) is 0 Å². The van der Waals surface area contributed by atoms with E-state index in [4.69, 9.17) is 4.42 Å². The van der Waals surface area contributed by atoms with Gasteiger partial charge in [0.05, 0.1) is 33.6 Å². The van der Waals surface area contributed by atoms with E-state index in [-0.39, 0.29) is 6.04 Å². The first-order valence-corrected chi connectivity index (χ1v) is 20.2. The summed E-state index contributed by atoms with van der Waals surface area (Å²) in [7, 11) is 0. The minimum Gasteiger partial charge on any atom is -0.456 e. The van der Waals surface area contributed by atoms with Crippen LogP contribution in [0.2, 0.25) is 0 Å². The first-order chi connectivity index (χ1) is 28.8. The molecular formula is C55H38N2O. The third kappa shape index (κ3) is 4.68. The molecule has 0 N–H and O–H groups in total. The maximum absolute atomic E-state index is 6.55. The van der Waals surface area contributed by atoms with E-state index >= 15 is 0 Å². The fourth-order valence-corrected chi connectivity index (χ4v) is 10.2. The molecule has 2 aliphatic carbocycles. The molecule has 3 heteroatoms. The van der Waals surface area contributed by atoms with Gasteiger partial charge in [-0.3, -0.25) is 0 Å². The Hall–Kier alpha value is -7.36. The number of fused-ring (bicyclic) bond motifs is 9. The Morgan fingerprint density at radius 3 is 1.97 bits per heavy atom. The van der Waals surface area contributed by atoms with Crippen molar-refractivity contribution in [2.75, 3.05) is 4.90 Å². The summed E-state index contributed by atoms with van der Waals surface area (Å²) in [6.45, 7) is 0. The average molecular weight is 743 g/mol. The molecule has 0 radical (unpaired) electrons. The highest BCUT2D eigenvalue weighted by Crippen LogP contribution is 2.59. The Bertz CT molecular complexity index is 3220. The summed E-state index contributed by atoms with van der Waals surface area (Å²) >= 11 is 0. The number of furan rings is 1. The second-order valence-corrected chi connectivity index (χ2v) is 15.5. The Morgan fingerprint density at radius 1 is 0.534 bits per heavy atom. The van der Waals surface area contributed by atoms with Gasteiger partial charge in [-0.05, 0) is 94.4 Å². The topological polar surface area (TPSA) is 21.3 Å². The second kappa shape index (κ2) is 12.8. The van der Waals surface area contributed by atoms with Gasteiger partial charge in [-0.2, -0.15) is 0 Å². The molecule has 2 aliphatic rings. The van der Waals surface area contributed by atoms with Crippen LogP contribution >= 0.6 is 0 Å². The number of hydrogen-bond acceptors (Lipinski definition) is 2. The second-order valence-electron chi connectivity index (χ2n) is 15.5. The average Bonchev–Trinajstić information content (AvgIpc) is 3.94. The molecule has 0 saturated heterocycles. The SMILES string of the molecule is C1=C2C(=CC(N(c3ccc4c(c3)c3ccccc3n4-c3ccccc3)c3cccc4oc5ccccc5c34)C1)C(c1ccccc1)(c1ccccc1)c1ccccc12. The molecule has 1 unspecified atom stereocenters. The maximum atomic E-state index is 6.55. The maximum Gasteiger partial charge on any atom is 0.137 e. The van der Waals surface area contributed by atoms with E-state index in [2.05, 4.69) is 222 Å². The van der Waals surface area contributed by atoms with Crippen LogP contribution in [0, 0.1) is 0 Å². The summed E-state index contributed by atoms with van der Waals surface area (Å²) in [4.78, 5) is 2.59. The summed E-state index contributed by atoms with van der Waals surface area (Å²) in [6.07, 6.45) is 5.93. The fourth-order valence-electron chi connectivity index (χ4n) is 10.2. The summed E-state index contributed by atoms with van der Waals surface area (Å²) in [6, 6.07) is 72.8. The van der Waals surface area contributed by atoms with Gasteiger partial charge in [0, 0.05) is 27.5 Å². The number of benzene rings is 8. The van der Waals surface area contributed by atoms with E-state index < -0.39 is 5.41 Å². The van der Waals surface area contributed by atoms with Gasteiger partial charge in [-0.1, -0.05) is 158 Å². The van der Waals surface area contributed by atoms with Crippen molar-refractivity contribution in [3.63, 3.8) is 0 Å². The summed E-state index contributed by atoms with van der Waals surface area (Å²) in [5.74, 6) is 0. The van der Waals surface area contributed by atoms with Gasteiger partial charge in [0.1, 0.15) is 11.2 Å². The third-order valence-electron chi connectivity index (χ3n) is 12.6. The molecule has 0 aliphatic heterocycles. The molecule has 274 valence electrons. The molecule has 2 heterocycles. The standard InChI is InChI=1S/C55H38N2O/c1-4-17-37(18-5-1)55(38-19-6-2-7-20-38)47-26-13-10-23-42(47)43-33-31-41(36-48(43)55)56(51-28-16-30-53-54(51)45-25-12-15-29-52(45)58-53)40-32-34-50-46(35-40)44-24-11-14-27-49(44)57(50)39-21-8-3-9-22-39/h1-30,32-36,41H,31H2. The molecule has 0 fully saturated rings. The molecule has 0 bridgehead atoms. The van der Waals surface area contributed by atoms with Gasteiger partial charge in [0.2, 0.25) is 0 Å². The van der Waals surface area contributed by atoms with Crippen molar-refractivity contribution in [3.8, 4) is 5.69 Å². The highest BCUT2D eigenvalue weighted by atomic mass is 16.3. The Morgan fingerprint density at radius 2 is 1.17 bits per heavy atom. The summed E-state index contributed by atoms with van der Waals surface area (Å²) in [5, 5.41) is 4.71. The fraction of sp³-hybridized carbons (Fsp3) is 0.0545. The number of nitrogens with zero attached hydrogens (tertiary/aromatic N) is 2. The predicted octanol–water partition coefficient (Wildman–Crippen LogP) is 14.0. The monoisotopic (exact) mass is 742 g/mol. The van der Waals surface area contributed by atoms with E-state index in [1.165, 1.54) is 55.2 Å². The van der Waals surface area contributed by atoms with Crippen molar-refractivity contribution < 1.29 is 4.42 Å². The summed E-state index contributed by atoms with van der Waals surface area (Å²) in [5.41, 5.74) is 14.9. The molecule has 1 atom stereocenters. The van der Waals surface area contributed by atoms with Crippen LogP contribution in [-0.2, 0) is 5.41 Å². The lowest BCUT2D eigenvalue weighted by atomic mass is 9.66. The van der Waals surface area contributed by atoms with E-state index in [1.807, 2.05) is 0 Å². The largest absolute Gasteiger partial charge is 0.456 e. The minimum absolute atomic E-state index is 0.0148. The van der Waals surface area contributed by atoms with Crippen molar-refractivity contribution in [1.29, 1.82) is 0 Å². The zero-order chi connectivity index (χ0) is 38.2. The molecule has 12 rings (SSSR count). The lowest BCUT2D eigenvalue weighted by molar-refractivity contribution is 0.668. The zero-order valence-electron chi connectivity index (χ0n) is 31.8. The molecule has 3 nitrogen and oxygen atoms in total. The molecule has 58 heavy (non-hydrogen) atoms. The van der Waals surface area contributed by atoms with Crippen LogP contribution in [0.4, 0.5) is 11.4 Å². The van der Waals surface area contributed by atoms with Crippen LogP contribution < -0.4 is 4.90 Å². The highest BCUT2D eigenvalue weighted by Gasteiger charge is 2.49. The quantitative estimate of drug-likeness (QED) is 0.169. The molecule has 0 amide bonds. The van der Waals surface area contributed by atoms with Crippen LogP contribution in [0.3, 0.4) is 0 Å². The van der Waals surface area contributed by atoms with Crippen molar-refractivity contribution >= 4 is 60.7 Å². The van der Waals surface area contributed by atoms with Crippen molar-refractivity contribution in [1.82, 2.24) is 4.57 Å². The third-order valence-corrected chi connectivity index (χ3v) is 12.6. The molecule has 0 spiro atoms.